The summed E-state index contributed by atoms with van der Waals surface area (Å²) in [6.45, 7) is 1.21. The summed E-state index contributed by atoms with van der Waals surface area (Å²) in [5.41, 5.74) is 2.31. The highest BCUT2D eigenvalue weighted by Crippen LogP contribution is 2.32. The summed E-state index contributed by atoms with van der Waals surface area (Å²) in [4.78, 5) is 21.2. The number of amides is 2. The van der Waals surface area contributed by atoms with Crippen molar-refractivity contribution < 1.29 is 19.4 Å². The molecule has 6 heteroatoms. The summed E-state index contributed by atoms with van der Waals surface area (Å²) in [5, 5.41) is 9.80. The third kappa shape index (κ3) is 2.60. The third-order valence-electron chi connectivity index (χ3n) is 2.57. The number of aliphatic hydroxyl groups excluding tert-OH is 1. The molecule has 1 unspecified atom stereocenters. The number of benzene rings is 1. The third-order valence-corrected chi connectivity index (χ3v) is 2.57. The minimum atomic E-state index is -0.295. The number of nitrogens with one attached hydrogen (secondary N) is 1. The average Bonchev–Trinajstić information content (AvgIpc) is 2.34. The Morgan fingerprint density at radius 3 is 2.44 bits per heavy atom. The van der Waals surface area contributed by atoms with E-state index in [2.05, 4.69) is 5.43 Å². The predicted molar refractivity (Wildman–Crippen MR) is 62.7 cm³/mol. The van der Waals surface area contributed by atoms with Crippen molar-refractivity contribution in [2.24, 2.45) is 0 Å². The Labute approximate surface area is 104 Å². The maximum atomic E-state index is 10.7. The molecular weight excluding hydrogens is 236 g/mol. The summed E-state index contributed by atoms with van der Waals surface area (Å²) >= 11 is 0. The number of hydrazine groups is 1. The number of β-lactam (4-membered cyclic amide) rings is 1. The SMILES string of the molecule is CC(=O)NN1C(=O)CC1CO.c1cc2cc(c1)O2. The fourth-order valence-electron chi connectivity index (χ4n) is 1.63. The van der Waals surface area contributed by atoms with Crippen LogP contribution in [0.1, 0.15) is 13.3 Å². The van der Waals surface area contributed by atoms with Gasteiger partial charge in [-0.3, -0.25) is 15.0 Å². The van der Waals surface area contributed by atoms with Gasteiger partial charge in [0.25, 0.3) is 0 Å². The lowest BCUT2D eigenvalue weighted by Crippen LogP contribution is -2.61. The van der Waals surface area contributed by atoms with Crippen molar-refractivity contribution in [3.63, 3.8) is 0 Å². The maximum Gasteiger partial charge on any atom is 0.243 e. The number of nitrogens with zero attached hydrogens (tertiary/aromatic N) is 1. The molecule has 0 aromatic heterocycles. The van der Waals surface area contributed by atoms with E-state index >= 15 is 0 Å². The quantitative estimate of drug-likeness (QED) is 0.757. The first-order valence-corrected chi connectivity index (χ1v) is 5.58. The van der Waals surface area contributed by atoms with Gasteiger partial charge >= 0.3 is 0 Å². The van der Waals surface area contributed by atoms with Crippen molar-refractivity contribution in [1.82, 2.24) is 10.4 Å². The molecule has 6 nitrogen and oxygen atoms in total. The lowest BCUT2D eigenvalue weighted by molar-refractivity contribution is -0.158. The number of hydrogen-bond donors (Lipinski definition) is 2. The van der Waals surface area contributed by atoms with Gasteiger partial charge in [-0.2, -0.15) is 0 Å². The lowest BCUT2D eigenvalue weighted by atomic mass is 10.1. The van der Waals surface area contributed by atoms with E-state index in [0.717, 1.165) is 16.5 Å². The highest BCUT2D eigenvalue weighted by Gasteiger charge is 2.36. The van der Waals surface area contributed by atoms with Crippen LogP contribution in [0.5, 0.6) is 11.5 Å². The molecule has 0 radical (unpaired) electrons. The molecule has 3 heterocycles. The normalized spacial score (nSPS) is 18.7. The van der Waals surface area contributed by atoms with E-state index in [1.54, 1.807) is 0 Å². The zero-order valence-corrected chi connectivity index (χ0v) is 9.92. The zero-order chi connectivity index (χ0) is 13.1. The van der Waals surface area contributed by atoms with Gasteiger partial charge in [0.05, 0.1) is 19.1 Å². The van der Waals surface area contributed by atoms with Crippen LogP contribution in [0.4, 0.5) is 0 Å². The second-order valence-electron chi connectivity index (χ2n) is 4.05. The number of aliphatic hydroxyl groups is 1. The number of hydrogen-bond acceptors (Lipinski definition) is 4. The largest absolute Gasteiger partial charge is 0.457 e. The fraction of sp³-hybridized carbons (Fsp3) is 0.333. The topological polar surface area (TPSA) is 78.9 Å². The van der Waals surface area contributed by atoms with E-state index in [0.29, 0.717) is 6.42 Å². The molecule has 1 aromatic rings. The highest BCUT2D eigenvalue weighted by atomic mass is 16.5. The molecule has 1 aromatic carbocycles. The van der Waals surface area contributed by atoms with Crippen molar-refractivity contribution in [2.45, 2.75) is 19.4 Å². The Balaban J connectivity index is 0.000000146. The Bertz CT molecular complexity index is 450. The van der Waals surface area contributed by atoms with Gasteiger partial charge in [-0.05, 0) is 12.1 Å². The summed E-state index contributed by atoms with van der Waals surface area (Å²) in [7, 11) is 0. The molecule has 96 valence electrons. The van der Waals surface area contributed by atoms with Crippen LogP contribution < -0.4 is 10.2 Å². The van der Waals surface area contributed by atoms with Gasteiger partial charge in [0, 0.05) is 13.0 Å². The monoisotopic (exact) mass is 250 g/mol. The molecule has 0 aliphatic carbocycles. The van der Waals surface area contributed by atoms with E-state index in [1.807, 2.05) is 24.3 Å². The molecule has 2 N–H and O–H groups in total. The van der Waals surface area contributed by atoms with Crippen molar-refractivity contribution >= 4 is 11.8 Å². The second kappa shape index (κ2) is 5.05. The van der Waals surface area contributed by atoms with Crippen LogP contribution in [0.25, 0.3) is 0 Å². The van der Waals surface area contributed by atoms with Gasteiger partial charge in [-0.15, -0.1) is 0 Å². The lowest BCUT2D eigenvalue weighted by Gasteiger charge is -2.38. The van der Waals surface area contributed by atoms with Crippen LogP contribution in [0.2, 0.25) is 0 Å². The molecule has 18 heavy (non-hydrogen) atoms. The number of carbonyl (C=O) groups excluding carboxylic acids is 2. The molecule has 0 spiro atoms. The first kappa shape index (κ1) is 12.4. The first-order valence-electron chi connectivity index (χ1n) is 5.58. The molecule has 4 rings (SSSR count). The Hall–Kier alpha value is -2.08. The molecular formula is C12H14N2O4. The van der Waals surface area contributed by atoms with E-state index in [-0.39, 0.29) is 24.5 Å². The molecule has 1 fully saturated rings. The highest BCUT2D eigenvalue weighted by molar-refractivity contribution is 5.86. The predicted octanol–water partition coefficient (Wildman–Crippen LogP) is 0.423. The van der Waals surface area contributed by atoms with Crippen LogP contribution in [0.3, 0.4) is 0 Å². The van der Waals surface area contributed by atoms with Crippen LogP contribution >= 0.6 is 0 Å². The Morgan fingerprint density at radius 1 is 1.56 bits per heavy atom. The zero-order valence-electron chi connectivity index (χ0n) is 9.92. The van der Waals surface area contributed by atoms with Gasteiger partial charge in [-0.25, -0.2) is 5.01 Å². The van der Waals surface area contributed by atoms with Crippen LogP contribution in [-0.2, 0) is 9.59 Å². The second-order valence-corrected chi connectivity index (χ2v) is 4.05. The van der Waals surface area contributed by atoms with E-state index in [1.165, 1.54) is 6.92 Å². The Kier molecular flexibility index (Phi) is 3.47. The van der Waals surface area contributed by atoms with E-state index in [9.17, 15) is 9.59 Å². The number of carbonyl (C=O) groups is 2. The van der Waals surface area contributed by atoms with E-state index in [4.69, 9.17) is 9.84 Å². The van der Waals surface area contributed by atoms with Gasteiger partial charge in [0.2, 0.25) is 11.8 Å². The molecule has 3 aliphatic heterocycles. The van der Waals surface area contributed by atoms with Crippen molar-refractivity contribution in [3.05, 3.63) is 24.3 Å². The van der Waals surface area contributed by atoms with E-state index < -0.39 is 0 Å². The number of ether oxygens (including phenoxy) is 1. The molecule has 0 saturated carbocycles. The maximum absolute atomic E-state index is 10.7. The van der Waals surface area contributed by atoms with Gasteiger partial charge in [0.15, 0.2) is 0 Å². The van der Waals surface area contributed by atoms with Crippen molar-refractivity contribution in [2.75, 3.05) is 6.61 Å². The van der Waals surface area contributed by atoms with Crippen molar-refractivity contribution in [1.29, 1.82) is 0 Å². The average molecular weight is 250 g/mol. The van der Waals surface area contributed by atoms with Crippen LogP contribution in [0, 0.1) is 0 Å². The summed E-state index contributed by atoms with van der Waals surface area (Å²) in [6, 6.07) is 7.63. The van der Waals surface area contributed by atoms with Crippen LogP contribution in [-0.4, -0.2) is 34.6 Å². The first-order chi connectivity index (χ1) is 8.60. The van der Waals surface area contributed by atoms with Gasteiger partial charge < -0.3 is 9.84 Å². The van der Waals surface area contributed by atoms with Crippen molar-refractivity contribution in [3.8, 4) is 11.5 Å². The molecule has 1 atom stereocenters. The molecule has 2 bridgehead atoms. The standard InChI is InChI=1S/C6H10N2O3.C6H4O/c1-4(10)7-8-5(3-9)2-6(8)11;1-2-5-4-6(3-1)7-5/h5,9H,2-3H2,1H3,(H,7,10);1-4H. The van der Waals surface area contributed by atoms with Crippen LogP contribution in [0.15, 0.2) is 24.3 Å². The molecule has 3 aliphatic rings. The smallest absolute Gasteiger partial charge is 0.243 e. The van der Waals surface area contributed by atoms with Gasteiger partial charge in [-0.1, -0.05) is 6.07 Å². The summed E-state index contributed by atoms with van der Waals surface area (Å²) in [5.74, 6) is 1.52. The molecule has 1 saturated heterocycles. The summed E-state index contributed by atoms with van der Waals surface area (Å²) < 4.78 is 5.01. The Morgan fingerprint density at radius 2 is 2.17 bits per heavy atom. The summed E-state index contributed by atoms with van der Waals surface area (Å²) in [6.07, 6.45) is 0.316. The fourth-order valence-corrected chi connectivity index (χ4v) is 1.63. The molecule has 2 amide bonds. The van der Waals surface area contributed by atoms with Gasteiger partial charge in [0.1, 0.15) is 11.5 Å². The minimum absolute atomic E-state index is 0.105. The number of rotatable bonds is 2. The minimum Gasteiger partial charge on any atom is -0.457 e. The number of fused-ring (bicyclic) bond motifs is 2.